The molecule has 4 heteroatoms. The first kappa shape index (κ1) is 13.7. The zero-order chi connectivity index (χ0) is 13.7. The van der Waals surface area contributed by atoms with Crippen LogP contribution in [-0.4, -0.2) is 21.1 Å². The molecule has 0 fully saturated rings. The average Bonchev–Trinajstić information content (AvgIpc) is 2.85. The molecule has 19 heavy (non-hydrogen) atoms. The van der Waals surface area contributed by atoms with Crippen molar-refractivity contribution in [3.8, 4) is 0 Å². The van der Waals surface area contributed by atoms with Crippen LogP contribution in [0.3, 0.4) is 0 Å². The Hall–Kier alpha value is -1.68. The predicted molar refractivity (Wildman–Crippen MR) is 77.0 cm³/mol. The van der Waals surface area contributed by atoms with Crippen LogP contribution in [0.5, 0.6) is 0 Å². The van der Waals surface area contributed by atoms with Gasteiger partial charge in [0.2, 0.25) is 0 Å². The number of hydrogen-bond acceptors (Lipinski definition) is 3. The fourth-order valence-corrected chi connectivity index (χ4v) is 2.32. The molecule has 1 unspecified atom stereocenters. The third-order valence-electron chi connectivity index (χ3n) is 3.28. The number of pyridine rings is 1. The number of hydrogen-bond donors (Lipinski definition) is 1. The summed E-state index contributed by atoms with van der Waals surface area (Å²) in [5.74, 6) is 1.12. The van der Waals surface area contributed by atoms with Crippen LogP contribution in [0.15, 0.2) is 30.9 Å². The van der Waals surface area contributed by atoms with Crippen LogP contribution in [-0.2, 0) is 13.0 Å². The van der Waals surface area contributed by atoms with Gasteiger partial charge in [0.1, 0.15) is 5.82 Å². The molecule has 0 spiro atoms. The predicted octanol–water partition coefficient (Wildman–Crippen LogP) is 2.50. The van der Waals surface area contributed by atoms with Crippen LogP contribution < -0.4 is 5.32 Å². The van der Waals surface area contributed by atoms with Crippen LogP contribution in [0.1, 0.15) is 36.8 Å². The van der Waals surface area contributed by atoms with E-state index >= 15 is 0 Å². The van der Waals surface area contributed by atoms with Gasteiger partial charge in [-0.2, -0.15) is 0 Å². The molecule has 0 amide bonds. The highest BCUT2D eigenvalue weighted by molar-refractivity contribution is 5.21. The van der Waals surface area contributed by atoms with E-state index < -0.39 is 0 Å². The lowest BCUT2D eigenvalue weighted by Crippen LogP contribution is -2.24. The first-order valence-electron chi connectivity index (χ1n) is 6.89. The largest absolute Gasteiger partial charge is 0.335 e. The van der Waals surface area contributed by atoms with Crippen molar-refractivity contribution in [1.82, 2.24) is 19.9 Å². The first-order chi connectivity index (χ1) is 9.24. The molecule has 0 saturated heterocycles. The maximum absolute atomic E-state index is 4.46. The average molecular weight is 258 g/mol. The molecule has 2 heterocycles. The summed E-state index contributed by atoms with van der Waals surface area (Å²) < 4.78 is 2.19. The lowest BCUT2D eigenvalue weighted by Gasteiger charge is -2.18. The highest BCUT2D eigenvalue weighted by Crippen LogP contribution is 2.18. The molecule has 0 aromatic carbocycles. The summed E-state index contributed by atoms with van der Waals surface area (Å²) in [7, 11) is 0. The Morgan fingerprint density at radius 3 is 2.84 bits per heavy atom. The van der Waals surface area contributed by atoms with Crippen LogP contribution in [0.4, 0.5) is 0 Å². The molecule has 0 aliphatic rings. The third-order valence-corrected chi connectivity index (χ3v) is 3.28. The number of aromatic nitrogens is 3. The van der Waals surface area contributed by atoms with E-state index in [1.807, 2.05) is 24.8 Å². The minimum atomic E-state index is 0.269. The molecule has 0 radical (unpaired) electrons. The Morgan fingerprint density at radius 1 is 1.32 bits per heavy atom. The molecule has 102 valence electrons. The summed E-state index contributed by atoms with van der Waals surface area (Å²) in [6.07, 6.45) is 8.63. The van der Waals surface area contributed by atoms with E-state index in [9.17, 15) is 0 Å². The summed E-state index contributed by atoms with van der Waals surface area (Å²) in [6, 6.07) is 2.46. The van der Waals surface area contributed by atoms with E-state index in [0.717, 1.165) is 25.3 Å². The smallest absolute Gasteiger partial charge is 0.110 e. The molecule has 2 aromatic rings. The lowest BCUT2D eigenvalue weighted by atomic mass is 10.0. The first-order valence-corrected chi connectivity index (χ1v) is 6.89. The van der Waals surface area contributed by atoms with Gasteiger partial charge in [-0.1, -0.05) is 13.0 Å². The molecule has 2 aromatic heterocycles. The third kappa shape index (κ3) is 3.41. The summed E-state index contributed by atoms with van der Waals surface area (Å²) in [4.78, 5) is 8.75. The highest BCUT2D eigenvalue weighted by Gasteiger charge is 2.14. The maximum atomic E-state index is 4.46. The zero-order valence-electron chi connectivity index (χ0n) is 11.9. The van der Waals surface area contributed by atoms with Gasteiger partial charge in [-0.3, -0.25) is 4.98 Å². The van der Waals surface area contributed by atoms with Crippen molar-refractivity contribution in [2.75, 3.05) is 6.54 Å². The number of rotatable bonds is 6. The molecule has 0 bridgehead atoms. The van der Waals surface area contributed by atoms with E-state index in [2.05, 4.69) is 46.7 Å². The van der Waals surface area contributed by atoms with Gasteiger partial charge >= 0.3 is 0 Å². The minimum Gasteiger partial charge on any atom is -0.335 e. The van der Waals surface area contributed by atoms with E-state index in [1.54, 1.807) is 0 Å². The number of nitrogens with one attached hydrogen (secondary N) is 1. The summed E-state index contributed by atoms with van der Waals surface area (Å²) in [5, 5.41) is 3.52. The molecule has 0 aliphatic heterocycles. The van der Waals surface area contributed by atoms with Gasteiger partial charge in [0.05, 0.1) is 0 Å². The Balaban J connectivity index is 2.21. The molecule has 1 N–H and O–H groups in total. The van der Waals surface area contributed by atoms with Gasteiger partial charge in [-0.25, -0.2) is 4.98 Å². The molecule has 0 saturated carbocycles. The Labute approximate surface area is 114 Å². The zero-order valence-corrected chi connectivity index (χ0v) is 11.9. The van der Waals surface area contributed by atoms with Crippen molar-refractivity contribution in [1.29, 1.82) is 0 Å². The van der Waals surface area contributed by atoms with E-state index in [0.29, 0.717) is 0 Å². The maximum Gasteiger partial charge on any atom is 0.110 e. The van der Waals surface area contributed by atoms with Crippen LogP contribution in [0.2, 0.25) is 0 Å². The fraction of sp³-hybridized carbons (Fsp3) is 0.467. The summed E-state index contributed by atoms with van der Waals surface area (Å²) in [6.45, 7) is 8.24. The minimum absolute atomic E-state index is 0.269. The Morgan fingerprint density at radius 2 is 2.16 bits per heavy atom. The van der Waals surface area contributed by atoms with Gasteiger partial charge in [0, 0.05) is 43.8 Å². The van der Waals surface area contributed by atoms with Crippen molar-refractivity contribution in [3.05, 3.63) is 47.8 Å². The van der Waals surface area contributed by atoms with E-state index in [-0.39, 0.29) is 6.04 Å². The topological polar surface area (TPSA) is 42.7 Å². The van der Waals surface area contributed by atoms with Gasteiger partial charge in [-0.15, -0.1) is 0 Å². The van der Waals surface area contributed by atoms with Gasteiger partial charge < -0.3 is 9.88 Å². The standard InChI is InChI=1S/C15H22N4/c1-4-17-14(13-8-12(3)10-16-11-13)9-15-18-6-7-19(15)5-2/h6-8,10-11,14,17H,4-5,9H2,1-3H3. The molecule has 0 aliphatic carbocycles. The van der Waals surface area contributed by atoms with Crippen LogP contribution in [0.25, 0.3) is 0 Å². The number of aryl methyl sites for hydroxylation is 2. The second-order valence-electron chi connectivity index (χ2n) is 4.74. The summed E-state index contributed by atoms with van der Waals surface area (Å²) >= 11 is 0. The second-order valence-corrected chi connectivity index (χ2v) is 4.74. The fourth-order valence-electron chi connectivity index (χ4n) is 2.32. The monoisotopic (exact) mass is 258 g/mol. The van der Waals surface area contributed by atoms with Crippen molar-refractivity contribution >= 4 is 0 Å². The van der Waals surface area contributed by atoms with Crippen molar-refractivity contribution in [3.63, 3.8) is 0 Å². The summed E-state index contributed by atoms with van der Waals surface area (Å²) in [5.41, 5.74) is 2.42. The van der Waals surface area contributed by atoms with E-state index in [4.69, 9.17) is 0 Å². The molecule has 4 nitrogen and oxygen atoms in total. The Kier molecular flexibility index (Phi) is 4.68. The van der Waals surface area contributed by atoms with Crippen molar-refractivity contribution in [2.24, 2.45) is 0 Å². The van der Waals surface area contributed by atoms with Crippen LogP contribution in [0, 0.1) is 6.92 Å². The van der Waals surface area contributed by atoms with E-state index in [1.165, 1.54) is 11.1 Å². The van der Waals surface area contributed by atoms with Gasteiger partial charge in [0.25, 0.3) is 0 Å². The van der Waals surface area contributed by atoms with Crippen molar-refractivity contribution < 1.29 is 0 Å². The number of imidazole rings is 1. The second kappa shape index (κ2) is 6.48. The quantitative estimate of drug-likeness (QED) is 0.865. The highest BCUT2D eigenvalue weighted by atomic mass is 15.1. The lowest BCUT2D eigenvalue weighted by molar-refractivity contribution is 0.520. The van der Waals surface area contributed by atoms with Gasteiger partial charge in [-0.05, 0) is 31.5 Å². The van der Waals surface area contributed by atoms with Crippen molar-refractivity contribution in [2.45, 2.75) is 39.8 Å². The Bertz CT molecular complexity index is 518. The molecular weight excluding hydrogens is 236 g/mol. The number of likely N-dealkylation sites (N-methyl/N-ethyl adjacent to an activating group) is 1. The SMILES string of the molecule is CCNC(Cc1nccn1CC)c1cncc(C)c1. The van der Waals surface area contributed by atoms with Gasteiger partial charge in [0.15, 0.2) is 0 Å². The number of nitrogens with zero attached hydrogens (tertiary/aromatic N) is 3. The normalized spacial score (nSPS) is 12.6. The molecule has 2 rings (SSSR count). The molecular formula is C15H22N4. The van der Waals surface area contributed by atoms with Crippen LogP contribution >= 0.6 is 0 Å². The molecule has 1 atom stereocenters.